The van der Waals surface area contributed by atoms with E-state index in [0.717, 1.165) is 4.88 Å². The van der Waals surface area contributed by atoms with Crippen molar-refractivity contribution in [3.8, 4) is 5.75 Å². The van der Waals surface area contributed by atoms with E-state index in [1.807, 2.05) is 29.6 Å². The number of rotatable bonds is 6. The Balaban J connectivity index is 2.01. The molecule has 0 spiro atoms. The lowest BCUT2D eigenvalue weighted by molar-refractivity contribution is -0.146. The van der Waals surface area contributed by atoms with Crippen LogP contribution in [0.4, 0.5) is 0 Å². The maximum absolute atomic E-state index is 11.8. The molecular formula is C15H15ClO3S. The molecule has 1 aromatic heterocycles. The van der Waals surface area contributed by atoms with Gasteiger partial charge in [-0.1, -0.05) is 29.8 Å². The number of halogens is 1. The van der Waals surface area contributed by atoms with E-state index in [2.05, 4.69) is 0 Å². The first-order chi connectivity index (χ1) is 9.70. The molecule has 0 saturated carbocycles. The Labute approximate surface area is 127 Å². The van der Waals surface area contributed by atoms with Gasteiger partial charge in [0.15, 0.2) is 0 Å². The molecule has 0 N–H and O–H groups in total. The number of hydrogen-bond donors (Lipinski definition) is 0. The minimum Gasteiger partial charge on any atom is -0.491 e. The minimum absolute atomic E-state index is 0.244. The lowest BCUT2D eigenvalue weighted by Crippen LogP contribution is -2.25. The quantitative estimate of drug-likeness (QED) is 0.761. The second kappa shape index (κ2) is 7.31. The molecule has 0 amide bonds. The van der Waals surface area contributed by atoms with E-state index in [0.29, 0.717) is 17.2 Å². The maximum Gasteiger partial charge on any atom is 0.312 e. The third kappa shape index (κ3) is 3.99. The van der Waals surface area contributed by atoms with Crippen LogP contribution in [0.2, 0.25) is 5.02 Å². The Morgan fingerprint density at radius 2 is 2.10 bits per heavy atom. The first-order valence-electron chi connectivity index (χ1n) is 6.18. The summed E-state index contributed by atoms with van der Waals surface area (Å²) in [7, 11) is 1.39. The normalized spacial score (nSPS) is 11.9. The van der Waals surface area contributed by atoms with Crippen LogP contribution in [-0.4, -0.2) is 19.7 Å². The van der Waals surface area contributed by atoms with Crippen molar-refractivity contribution in [2.45, 2.75) is 6.42 Å². The van der Waals surface area contributed by atoms with E-state index in [9.17, 15) is 4.79 Å². The van der Waals surface area contributed by atoms with Crippen molar-refractivity contribution in [1.29, 1.82) is 0 Å². The standard InChI is InChI=1S/C15H15ClO3S/c1-18-15(17)11(9-12-5-4-8-20-12)10-19-14-7-3-2-6-13(14)16/h2-8,11H,9-10H2,1H3. The summed E-state index contributed by atoms with van der Waals surface area (Å²) < 4.78 is 10.5. The van der Waals surface area contributed by atoms with Crippen molar-refractivity contribution >= 4 is 28.9 Å². The Morgan fingerprint density at radius 1 is 1.30 bits per heavy atom. The summed E-state index contributed by atoms with van der Waals surface area (Å²) in [6.07, 6.45) is 0.606. The third-order valence-electron chi connectivity index (χ3n) is 2.84. The largest absolute Gasteiger partial charge is 0.491 e. The van der Waals surface area contributed by atoms with Crippen molar-refractivity contribution < 1.29 is 14.3 Å². The van der Waals surface area contributed by atoms with Gasteiger partial charge >= 0.3 is 5.97 Å². The van der Waals surface area contributed by atoms with Crippen molar-refractivity contribution in [2.75, 3.05) is 13.7 Å². The lowest BCUT2D eigenvalue weighted by atomic mass is 10.1. The van der Waals surface area contributed by atoms with Crippen LogP contribution in [0.25, 0.3) is 0 Å². The molecule has 1 atom stereocenters. The summed E-state index contributed by atoms with van der Waals surface area (Å²) in [6, 6.07) is 11.2. The Kier molecular flexibility index (Phi) is 5.44. The first kappa shape index (κ1) is 14.9. The van der Waals surface area contributed by atoms with Gasteiger partial charge in [0.1, 0.15) is 12.4 Å². The van der Waals surface area contributed by atoms with E-state index in [1.54, 1.807) is 23.5 Å². The monoisotopic (exact) mass is 310 g/mol. The van der Waals surface area contributed by atoms with Gasteiger partial charge in [-0.2, -0.15) is 0 Å². The molecule has 0 aliphatic heterocycles. The number of ether oxygens (including phenoxy) is 2. The number of methoxy groups -OCH3 is 1. The minimum atomic E-state index is -0.338. The average Bonchev–Trinajstić information content (AvgIpc) is 2.97. The second-order valence-corrected chi connectivity index (χ2v) is 5.68. The van der Waals surface area contributed by atoms with E-state index < -0.39 is 0 Å². The molecule has 1 aromatic carbocycles. The zero-order valence-electron chi connectivity index (χ0n) is 11.0. The number of hydrogen-bond acceptors (Lipinski definition) is 4. The molecule has 106 valence electrons. The van der Waals surface area contributed by atoms with E-state index in [-0.39, 0.29) is 18.5 Å². The van der Waals surface area contributed by atoms with Gasteiger partial charge < -0.3 is 9.47 Å². The smallest absolute Gasteiger partial charge is 0.312 e. The molecule has 2 aromatic rings. The van der Waals surface area contributed by atoms with E-state index in [1.165, 1.54) is 7.11 Å². The summed E-state index contributed by atoms with van der Waals surface area (Å²) in [4.78, 5) is 12.9. The number of carbonyl (C=O) groups excluding carboxylic acids is 1. The number of para-hydroxylation sites is 1. The molecule has 3 nitrogen and oxygen atoms in total. The SMILES string of the molecule is COC(=O)C(COc1ccccc1Cl)Cc1cccs1. The second-order valence-electron chi connectivity index (χ2n) is 4.24. The van der Waals surface area contributed by atoms with Gasteiger partial charge in [-0.05, 0) is 30.0 Å². The molecule has 0 bridgehead atoms. The molecule has 20 heavy (non-hydrogen) atoms. The van der Waals surface area contributed by atoms with Crippen LogP contribution >= 0.6 is 22.9 Å². The molecule has 5 heteroatoms. The predicted octanol–water partition coefficient (Wildman–Crippen LogP) is 3.81. The molecule has 0 aliphatic carbocycles. The molecular weight excluding hydrogens is 296 g/mol. The Bertz CT molecular complexity index is 554. The van der Waals surface area contributed by atoms with Crippen LogP contribution < -0.4 is 4.74 Å². The molecule has 0 aliphatic rings. The molecule has 0 saturated heterocycles. The summed E-state index contributed by atoms with van der Waals surface area (Å²) in [5, 5.41) is 2.52. The van der Waals surface area contributed by atoms with Crippen LogP contribution in [0.5, 0.6) is 5.75 Å². The molecule has 2 rings (SSSR count). The Hall–Kier alpha value is -1.52. The summed E-state index contributed by atoms with van der Waals surface area (Å²) in [5.74, 6) is -0.0328. The highest BCUT2D eigenvalue weighted by Gasteiger charge is 2.21. The van der Waals surface area contributed by atoms with E-state index in [4.69, 9.17) is 21.1 Å². The van der Waals surface area contributed by atoms with Gasteiger partial charge in [-0.3, -0.25) is 4.79 Å². The lowest BCUT2D eigenvalue weighted by Gasteiger charge is -2.15. The number of benzene rings is 1. The van der Waals surface area contributed by atoms with Crippen molar-refractivity contribution in [2.24, 2.45) is 5.92 Å². The number of thiophene rings is 1. The zero-order valence-corrected chi connectivity index (χ0v) is 12.6. The fraction of sp³-hybridized carbons (Fsp3) is 0.267. The molecule has 0 fully saturated rings. The zero-order chi connectivity index (χ0) is 14.4. The Morgan fingerprint density at radius 3 is 2.75 bits per heavy atom. The number of carbonyl (C=O) groups is 1. The molecule has 1 heterocycles. The average molecular weight is 311 g/mol. The van der Waals surface area contributed by atoms with Gasteiger partial charge in [0.2, 0.25) is 0 Å². The van der Waals surface area contributed by atoms with Gasteiger partial charge in [-0.25, -0.2) is 0 Å². The van der Waals surface area contributed by atoms with Gasteiger partial charge in [0, 0.05) is 4.88 Å². The maximum atomic E-state index is 11.8. The first-order valence-corrected chi connectivity index (χ1v) is 7.44. The van der Waals surface area contributed by atoms with Crippen LogP contribution in [-0.2, 0) is 16.0 Å². The van der Waals surface area contributed by atoms with Crippen LogP contribution in [0.1, 0.15) is 4.88 Å². The van der Waals surface area contributed by atoms with Crippen molar-refractivity contribution in [3.63, 3.8) is 0 Å². The summed E-state index contributed by atoms with van der Waals surface area (Å²) >= 11 is 7.64. The highest BCUT2D eigenvalue weighted by molar-refractivity contribution is 7.09. The molecule has 0 radical (unpaired) electrons. The van der Waals surface area contributed by atoms with Crippen molar-refractivity contribution in [3.05, 3.63) is 51.7 Å². The van der Waals surface area contributed by atoms with Crippen LogP contribution in [0.15, 0.2) is 41.8 Å². The highest BCUT2D eigenvalue weighted by atomic mass is 35.5. The van der Waals surface area contributed by atoms with Gasteiger partial charge in [0.25, 0.3) is 0 Å². The number of esters is 1. The highest BCUT2D eigenvalue weighted by Crippen LogP contribution is 2.24. The third-order valence-corrected chi connectivity index (χ3v) is 4.05. The fourth-order valence-corrected chi connectivity index (χ4v) is 2.78. The van der Waals surface area contributed by atoms with Gasteiger partial charge in [0.05, 0.1) is 18.1 Å². The predicted molar refractivity (Wildman–Crippen MR) is 80.5 cm³/mol. The molecule has 1 unspecified atom stereocenters. The van der Waals surface area contributed by atoms with Crippen LogP contribution in [0, 0.1) is 5.92 Å². The topological polar surface area (TPSA) is 35.5 Å². The summed E-state index contributed by atoms with van der Waals surface area (Å²) in [6.45, 7) is 0.244. The van der Waals surface area contributed by atoms with Gasteiger partial charge in [-0.15, -0.1) is 11.3 Å². The fourth-order valence-electron chi connectivity index (χ4n) is 1.80. The summed E-state index contributed by atoms with van der Waals surface area (Å²) in [5.41, 5.74) is 0. The van der Waals surface area contributed by atoms with Crippen LogP contribution in [0.3, 0.4) is 0 Å². The van der Waals surface area contributed by atoms with E-state index >= 15 is 0 Å². The van der Waals surface area contributed by atoms with Crippen molar-refractivity contribution in [1.82, 2.24) is 0 Å².